The Balaban J connectivity index is 1.29. The molecule has 1 aliphatic heterocycles. The van der Waals surface area contributed by atoms with Crippen molar-refractivity contribution in [2.75, 3.05) is 25.1 Å². The van der Waals surface area contributed by atoms with Gasteiger partial charge in [0.1, 0.15) is 18.1 Å². The van der Waals surface area contributed by atoms with E-state index in [2.05, 4.69) is 19.2 Å². The molecular formula is C31H31ClN2O5S. The molecule has 1 aliphatic rings. The van der Waals surface area contributed by atoms with Crippen molar-refractivity contribution >= 4 is 52.2 Å². The number of aryl methyl sites for hydroxylation is 2. The van der Waals surface area contributed by atoms with E-state index in [1.165, 1.54) is 4.90 Å². The minimum atomic E-state index is -0.347. The third kappa shape index (κ3) is 7.46. The number of nitrogens with one attached hydrogen (secondary N) is 1. The summed E-state index contributed by atoms with van der Waals surface area (Å²) in [4.78, 5) is 39.2. The maximum absolute atomic E-state index is 12.9. The summed E-state index contributed by atoms with van der Waals surface area (Å²) in [5.41, 5.74) is 4.42. The van der Waals surface area contributed by atoms with E-state index in [-0.39, 0.29) is 36.8 Å². The van der Waals surface area contributed by atoms with E-state index < -0.39 is 0 Å². The Morgan fingerprint density at radius 3 is 2.48 bits per heavy atom. The molecule has 0 atom stereocenters. The molecule has 0 spiro atoms. The fraction of sp³-hybridized carbons (Fsp3) is 0.258. The summed E-state index contributed by atoms with van der Waals surface area (Å²) in [6, 6.07) is 18.3. The number of carbonyl (C=O) groups is 3. The predicted molar refractivity (Wildman–Crippen MR) is 160 cm³/mol. The zero-order valence-corrected chi connectivity index (χ0v) is 24.4. The van der Waals surface area contributed by atoms with E-state index in [9.17, 15) is 14.4 Å². The standard InChI is InChI=1S/C31H31ClN2O5S/c1-19(2)25-12-5-20(3)15-27(25)38-14-13-34-30(36)28(40-31(34)37)16-22-7-10-24(11-8-22)39-18-29(35)33-23-9-6-21(4)26(32)17-23/h5-12,15-17,19H,13-14,18H2,1-4H3,(H,33,35)/b28-16-. The molecule has 0 radical (unpaired) electrons. The van der Waals surface area contributed by atoms with Crippen LogP contribution in [0.2, 0.25) is 5.02 Å². The Hall–Kier alpha value is -3.75. The van der Waals surface area contributed by atoms with Gasteiger partial charge in [-0.15, -0.1) is 0 Å². The number of nitrogens with zero attached hydrogens (tertiary/aromatic N) is 1. The predicted octanol–water partition coefficient (Wildman–Crippen LogP) is 7.21. The normalized spacial score (nSPS) is 14.2. The number of imide groups is 1. The van der Waals surface area contributed by atoms with Crippen molar-refractivity contribution in [2.45, 2.75) is 33.6 Å². The molecule has 0 saturated carbocycles. The van der Waals surface area contributed by atoms with Crippen LogP contribution in [0.1, 0.15) is 42.0 Å². The molecule has 3 aromatic rings. The molecule has 1 saturated heterocycles. The lowest BCUT2D eigenvalue weighted by atomic mass is 10.0. The molecule has 0 unspecified atom stereocenters. The van der Waals surface area contributed by atoms with Gasteiger partial charge in [0.05, 0.1) is 11.4 Å². The number of hydrogen-bond acceptors (Lipinski definition) is 6. The van der Waals surface area contributed by atoms with Gasteiger partial charge in [-0.25, -0.2) is 0 Å². The Bertz CT molecular complexity index is 1450. The van der Waals surface area contributed by atoms with Gasteiger partial charge < -0.3 is 14.8 Å². The molecule has 0 aromatic heterocycles. The van der Waals surface area contributed by atoms with Gasteiger partial charge >= 0.3 is 0 Å². The fourth-order valence-electron chi connectivity index (χ4n) is 4.01. The molecule has 3 amide bonds. The van der Waals surface area contributed by atoms with Gasteiger partial charge in [-0.3, -0.25) is 19.3 Å². The molecule has 1 fully saturated rings. The highest BCUT2D eigenvalue weighted by molar-refractivity contribution is 8.18. The van der Waals surface area contributed by atoms with Gasteiger partial charge in [0.15, 0.2) is 6.61 Å². The maximum Gasteiger partial charge on any atom is 0.293 e. The van der Waals surface area contributed by atoms with Crippen LogP contribution < -0.4 is 14.8 Å². The van der Waals surface area contributed by atoms with Gasteiger partial charge in [-0.2, -0.15) is 0 Å². The number of carbonyl (C=O) groups excluding carboxylic acids is 3. The van der Waals surface area contributed by atoms with Crippen molar-refractivity contribution in [3.63, 3.8) is 0 Å². The zero-order chi connectivity index (χ0) is 28.8. The molecule has 208 valence electrons. The topological polar surface area (TPSA) is 84.9 Å². The highest BCUT2D eigenvalue weighted by atomic mass is 35.5. The highest BCUT2D eigenvalue weighted by Crippen LogP contribution is 2.33. The average molecular weight is 579 g/mol. The minimum absolute atomic E-state index is 0.164. The van der Waals surface area contributed by atoms with Gasteiger partial charge in [0, 0.05) is 10.7 Å². The minimum Gasteiger partial charge on any atom is -0.491 e. The van der Waals surface area contributed by atoms with E-state index in [0.717, 1.165) is 39.8 Å². The Morgan fingerprint density at radius 2 is 1.77 bits per heavy atom. The van der Waals surface area contributed by atoms with E-state index in [4.69, 9.17) is 21.1 Å². The SMILES string of the molecule is Cc1ccc(C(C)C)c(OCCN2C(=O)S/C(=C\c3ccc(OCC(=O)Nc4ccc(C)c(Cl)c4)cc3)C2=O)c1. The summed E-state index contributed by atoms with van der Waals surface area (Å²) >= 11 is 7.00. The first-order valence-corrected chi connectivity index (χ1v) is 14.1. The van der Waals surface area contributed by atoms with Gasteiger partial charge in [0.25, 0.3) is 17.1 Å². The summed E-state index contributed by atoms with van der Waals surface area (Å²) < 4.78 is 11.5. The second-order valence-corrected chi connectivity index (χ2v) is 11.1. The smallest absolute Gasteiger partial charge is 0.293 e. The van der Waals surface area contributed by atoms with Crippen LogP contribution in [0.3, 0.4) is 0 Å². The largest absolute Gasteiger partial charge is 0.491 e. The zero-order valence-electron chi connectivity index (χ0n) is 22.8. The molecule has 9 heteroatoms. The average Bonchev–Trinajstić information content (AvgIpc) is 3.17. The second kappa shape index (κ2) is 13.1. The summed E-state index contributed by atoms with van der Waals surface area (Å²) in [6.07, 6.45) is 1.67. The first-order chi connectivity index (χ1) is 19.1. The van der Waals surface area contributed by atoms with Crippen molar-refractivity contribution in [1.29, 1.82) is 0 Å². The molecule has 1 heterocycles. The van der Waals surface area contributed by atoms with E-state index in [0.29, 0.717) is 27.3 Å². The molecular weight excluding hydrogens is 548 g/mol. The molecule has 4 rings (SSSR count). The molecule has 0 aliphatic carbocycles. The van der Waals surface area contributed by atoms with Crippen LogP contribution in [-0.2, 0) is 9.59 Å². The molecule has 7 nitrogen and oxygen atoms in total. The van der Waals surface area contributed by atoms with Crippen LogP contribution in [0, 0.1) is 13.8 Å². The van der Waals surface area contributed by atoms with Crippen LogP contribution in [0.25, 0.3) is 6.08 Å². The van der Waals surface area contributed by atoms with Crippen molar-refractivity contribution in [1.82, 2.24) is 4.90 Å². The lowest BCUT2D eigenvalue weighted by molar-refractivity contribution is -0.123. The third-order valence-electron chi connectivity index (χ3n) is 6.24. The maximum atomic E-state index is 12.9. The van der Waals surface area contributed by atoms with Crippen molar-refractivity contribution in [2.24, 2.45) is 0 Å². The summed E-state index contributed by atoms with van der Waals surface area (Å²) in [5.74, 6) is 0.904. The Kier molecular flexibility index (Phi) is 9.55. The number of thioether (sulfide) groups is 1. The number of hydrogen-bond donors (Lipinski definition) is 1. The number of ether oxygens (including phenoxy) is 2. The number of halogens is 1. The third-order valence-corrected chi connectivity index (χ3v) is 7.56. The van der Waals surface area contributed by atoms with Crippen LogP contribution in [0.5, 0.6) is 11.5 Å². The lowest BCUT2D eigenvalue weighted by Crippen LogP contribution is -2.32. The first-order valence-electron chi connectivity index (χ1n) is 12.9. The van der Waals surface area contributed by atoms with Crippen molar-refractivity contribution in [3.8, 4) is 11.5 Å². The number of amides is 3. The Morgan fingerprint density at radius 1 is 1.02 bits per heavy atom. The summed E-state index contributed by atoms with van der Waals surface area (Å²) in [5, 5.41) is 2.99. The quantitative estimate of drug-likeness (QED) is 0.256. The van der Waals surface area contributed by atoms with Crippen LogP contribution in [-0.4, -0.2) is 41.7 Å². The molecule has 3 aromatic carbocycles. The van der Waals surface area contributed by atoms with Gasteiger partial charge in [-0.05, 0) is 90.2 Å². The number of anilines is 1. The first kappa shape index (κ1) is 29.2. The highest BCUT2D eigenvalue weighted by Gasteiger charge is 2.34. The molecule has 40 heavy (non-hydrogen) atoms. The van der Waals surface area contributed by atoms with Gasteiger partial charge in [-0.1, -0.05) is 55.8 Å². The summed E-state index contributed by atoms with van der Waals surface area (Å²) in [6.45, 7) is 8.28. The van der Waals surface area contributed by atoms with E-state index in [1.54, 1.807) is 42.5 Å². The van der Waals surface area contributed by atoms with Crippen LogP contribution >= 0.6 is 23.4 Å². The fourth-order valence-corrected chi connectivity index (χ4v) is 5.06. The molecule has 0 bridgehead atoms. The van der Waals surface area contributed by atoms with Gasteiger partial charge in [0.2, 0.25) is 0 Å². The number of benzene rings is 3. The summed E-state index contributed by atoms with van der Waals surface area (Å²) in [7, 11) is 0. The van der Waals surface area contributed by atoms with E-state index >= 15 is 0 Å². The van der Waals surface area contributed by atoms with Crippen LogP contribution in [0.15, 0.2) is 65.6 Å². The van der Waals surface area contributed by atoms with Crippen molar-refractivity contribution in [3.05, 3.63) is 92.8 Å². The number of rotatable bonds is 10. The lowest BCUT2D eigenvalue weighted by Gasteiger charge is -2.17. The Labute approximate surface area is 243 Å². The second-order valence-electron chi connectivity index (χ2n) is 9.75. The van der Waals surface area contributed by atoms with E-state index in [1.807, 2.05) is 38.1 Å². The van der Waals surface area contributed by atoms with Crippen LogP contribution in [0.4, 0.5) is 10.5 Å². The monoisotopic (exact) mass is 578 g/mol. The molecule has 1 N–H and O–H groups in total. The van der Waals surface area contributed by atoms with Crippen molar-refractivity contribution < 1.29 is 23.9 Å².